The van der Waals surface area contributed by atoms with Crippen molar-refractivity contribution < 1.29 is 4.79 Å². The number of benzene rings is 2. The summed E-state index contributed by atoms with van der Waals surface area (Å²) >= 11 is 5.98. The zero-order chi connectivity index (χ0) is 23.5. The fraction of sp³-hybridized carbons (Fsp3) is 0.385. The number of aryl methyl sites for hydroxylation is 2. The normalized spacial score (nSPS) is 16.3. The van der Waals surface area contributed by atoms with E-state index in [1.165, 1.54) is 0 Å². The van der Waals surface area contributed by atoms with Gasteiger partial charge in [-0.2, -0.15) is 0 Å². The predicted octanol–water partition coefficient (Wildman–Crippen LogP) is 5.32. The molecule has 4 rings (SSSR count). The lowest BCUT2D eigenvalue weighted by molar-refractivity contribution is 0.174. The molecule has 2 aromatic carbocycles. The van der Waals surface area contributed by atoms with E-state index in [1.807, 2.05) is 26.0 Å². The number of anilines is 1. The Morgan fingerprint density at radius 3 is 2.70 bits per heavy atom. The van der Waals surface area contributed by atoms with Crippen molar-refractivity contribution in [1.82, 2.24) is 14.8 Å². The van der Waals surface area contributed by atoms with Crippen LogP contribution in [0.2, 0.25) is 5.02 Å². The van der Waals surface area contributed by atoms with E-state index in [1.54, 1.807) is 29.2 Å². The van der Waals surface area contributed by atoms with Crippen molar-refractivity contribution >= 4 is 34.2 Å². The minimum atomic E-state index is -0.222. The summed E-state index contributed by atoms with van der Waals surface area (Å²) in [5.74, 6) is 0. The fourth-order valence-corrected chi connectivity index (χ4v) is 4.75. The molecule has 0 saturated carbocycles. The van der Waals surface area contributed by atoms with Crippen LogP contribution in [0, 0.1) is 13.8 Å². The molecule has 1 aliphatic heterocycles. The first-order chi connectivity index (χ1) is 15.9. The topological polar surface area (TPSA) is 68.4 Å². The summed E-state index contributed by atoms with van der Waals surface area (Å²) in [7, 11) is 0. The van der Waals surface area contributed by atoms with Crippen LogP contribution in [0.25, 0.3) is 10.9 Å². The number of carbonyl (C=O) groups excluding carboxylic acids is 1. The van der Waals surface area contributed by atoms with Gasteiger partial charge < -0.3 is 15.2 Å². The van der Waals surface area contributed by atoms with Gasteiger partial charge in [-0.3, -0.25) is 9.69 Å². The average Bonchev–Trinajstić information content (AvgIpc) is 3.25. The smallest absolute Gasteiger partial charge is 0.321 e. The number of carbonyl (C=O) groups is 1. The van der Waals surface area contributed by atoms with Crippen LogP contribution in [0.1, 0.15) is 36.5 Å². The summed E-state index contributed by atoms with van der Waals surface area (Å²) in [6.45, 7) is 9.00. The van der Waals surface area contributed by atoms with E-state index in [-0.39, 0.29) is 24.2 Å². The third-order valence-electron chi connectivity index (χ3n) is 6.71. The molecule has 0 radical (unpaired) electrons. The number of likely N-dealkylation sites (tertiary alicyclic amines) is 1. The number of nitrogens with one attached hydrogen (secondary N) is 2. The molecule has 2 amide bonds. The van der Waals surface area contributed by atoms with Gasteiger partial charge in [-0.25, -0.2) is 4.79 Å². The van der Waals surface area contributed by atoms with Crippen molar-refractivity contribution in [1.29, 1.82) is 0 Å². The van der Waals surface area contributed by atoms with Gasteiger partial charge in [0.1, 0.15) is 0 Å². The van der Waals surface area contributed by atoms with Crippen LogP contribution in [0.4, 0.5) is 10.5 Å². The predicted molar refractivity (Wildman–Crippen MR) is 135 cm³/mol. The molecule has 1 atom stereocenters. The van der Waals surface area contributed by atoms with E-state index >= 15 is 0 Å². The maximum absolute atomic E-state index is 13.3. The van der Waals surface area contributed by atoms with Gasteiger partial charge in [0.15, 0.2) is 0 Å². The van der Waals surface area contributed by atoms with Crippen LogP contribution >= 0.6 is 11.6 Å². The van der Waals surface area contributed by atoms with Crippen LogP contribution in [0.3, 0.4) is 0 Å². The number of rotatable bonds is 6. The second kappa shape index (κ2) is 9.98. The molecular weight excluding hydrogens is 436 g/mol. The molecule has 2 heterocycles. The lowest BCUT2D eigenvalue weighted by atomic mass is 10.0. The van der Waals surface area contributed by atoms with Crippen molar-refractivity contribution in [3.05, 3.63) is 74.5 Å². The van der Waals surface area contributed by atoms with Crippen molar-refractivity contribution in [2.45, 2.75) is 46.2 Å². The molecule has 1 aromatic heterocycles. The summed E-state index contributed by atoms with van der Waals surface area (Å²) in [5.41, 5.74) is 4.16. The zero-order valence-electron chi connectivity index (χ0n) is 19.5. The van der Waals surface area contributed by atoms with Crippen LogP contribution in [0.15, 0.2) is 47.3 Å². The molecule has 174 valence electrons. The highest BCUT2D eigenvalue weighted by atomic mass is 35.5. The SMILES string of the molecule is CCN1CCC[C@H]1CN(Cc1cc2ccc(C)c(C)c2[nH]c1=O)C(=O)Nc1ccc(Cl)cc1. The highest BCUT2D eigenvalue weighted by Crippen LogP contribution is 2.22. The van der Waals surface area contributed by atoms with Crippen molar-refractivity contribution in [2.75, 3.05) is 25.0 Å². The quantitative estimate of drug-likeness (QED) is 0.516. The maximum atomic E-state index is 13.3. The van der Waals surface area contributed by atoms with Crippen molar-refractivity contribution in [2.24, 2.45) is 0 Å². The van der Waals surface area contributed by atoms with Gasteiger partial charge in [0.05, 0.1) is 12.1 Å². The molecule has 2 N–H and O–H groups in total. The second-order valence-corrected chi connectivity index (χ2v) is 9.27. The zero-order valence-corrected chi connectivity index (χ0v) is 20.2. The Balaban J connectivity index is 1.63. The van der Waals surface area contributed by atoms with E-state index < -0.39 is 0 Å². The first kappa shape index (κ1) is 23.3. The molecule has 0 unspecified atom stereocenters. The Morgan fingerprint density at radius 1 is 1.21 bits per heavy atom. The van der Waals surface area contributed by atoms with E-state index in [4.69, 9.17) is 11.6 Å². The third kappa shape index (κ3) is 5.23. The fourth-order valence-electron chi connectivity index (χ4n) is 4.62. The number of hydrogen-bond donors (Lipinski definition) is 2. The highest BCUT2D eigenvalue weighted by molar-refractivity contribution is 6.30. The van der Waals surface area contributed by atoms with E-state index in [9.17, 15) is 9.59 Å². The van der Waals surface area contributed by atoms with Crippen molar-refractivity contribution in [3.8, 4) is 0 Å². The first-order valence-corrected chi connectivity index (χ1v) is 11.9. The summed E-state index contributed by atoms with van der Waals surface area (Å²) < 4.78 is 0. The van der Waals surface area contributed by atoms with Gasteiger partial charge in [-0.05, 0) is 86.6 Å². The number of H-pyrrole nitrogens is 1. The number of urea groups is 1. The lowest BCUT2D eigenvalue weighted by Gasteiger charge is -2.30. The number of nitrogens with zero attached hydrogens (tertiary/aromatic N) is 2. The number of halogens is 1. The largest absolute Gasteiger partial charge is 0.322 e. The molecule has 1 fully saturated rings. The molecule has 0 bridgehead atoms. The summed E-state index contributed by atoms with van der Waals surface area (Å²) in [6.07, 6.45) is 2.17. The molecule has 33 heavy (non-hydrogen) atoms. The average molecular weight is 467 g/mol. The number of pyridine rings is 1. The number of hydrogen-bond acceptors (Lipinski definition) is 3. The molecule has 1 aliphatic rings. The number of aromatic nitrogens is 1. The third-order valence-corrected chi connectivity index (χ3v) is 6.96. The molecule has 0 aliphatic carbocycles. The van der Waals surface area contributed by atoms with Crippen LogP contribution < -0.4 is 10.9 Å². The first-order valence-electron chi connectivity index (χ1n) is 11.5. The summed E-state index contributed by atoms with van der Waals surface area (Å²) in [5, 5.41) is 4.55. The maximum Gasteiger partial charge on any atom is 0.322 e. The van der Waals surface area contributed by atoms with Gasteiger partial charge in [0, 0.05) is 28.9 Å². The Hall–Kier alpha value is -2.83. The second-order valence-electron chi connectivity index (χ2n) is 8.84. The van der Waals surface area contributed by atoms with E-state index in [0.717, 1.165) is 48.0 Å². The molecule has 1 saturated heterocycles. The van der Waals surface area contributed by atoms with Gasteiger partial charge in [0.2, 0.25) is 0 Å². The summed E-state index contributed by atoms with van der Waals surface area (Å²) in [6, 6.07) is 13.1. The molecule has 3 aromatic rings. The minimum Gasteiger partial charge on any atom is -0.321 e. The van der Waals surface area contributed by atoms with Gasteiger partial charge in [-0.1, -0.05) is 30.7 Å². The molecular formula is C26H31ClN4O2. The Morgan fingerprint density at radius 2 is 1.97 bits per heavy atom. The lowest BCUT2D eigenvalue weighted by Crippen LogP contribution is -2.45. The number of aromatic amines is 1. The van der Waals surface area contributed by atoms with Crippen LogP contribution in [-0.4, -0.2) is 46.5 Å². The van der Waals surface area contributed by atoms with Gasteiger partial charge in [-0.15, -0.1) is 0 Å². The molecule has 0 spiro atoms. The Bertz CT molecular complexity index is 1210. The minimum absolute atomic E-state index is 0.153. The summed E-state index contributed by atoms with van der Waals surface area (Å²) in [4.78, 5) is 33.5. The van der Waals surface area contributed by atoms with E-state index in [0.29, 0.717) is 22.8 Å². The standard InChI is InChI=1S/C26H31ClN4O2/c1-4-30-13-5-6-23(30)16-31(26(33)28-22-11-9-21(27)10-12-22)15-20-14-19-8-7-17(2)18(3)24(19)29-25(20)32/h7-12,14,23H,4-6,13,15-16H2,1-3H3,(H,28,33)(H,29,32)/t23-/m0/s1. The highest BCUT2D eigenvalue weighted by Gasteiger charge is 2.28. The van der Waals surface area contributed by atoms with E-state index in [2.05, 4.69) is 28.2 Å². The van der Waals surface area contributed by atoms with Crippen molar-refractivity contribution in [3.63, 3.8) is 0 Å². The number of likely N-dealkylation sites (N-methyl/N-ethyl adjacent to an activating group) is 1. The Labute approximate surface area is 199 Å². The molecule has 7 heteroatoms. The number of fused-ring (bicyclic) bond motifs is 1. The van der Waals surface area contributed by atoms with Crippen LogP contribution in [-0.2, 0) is 6.54 Å². The Kier molecular flexibility index (Phi) is 7.05. The monoisotopic (exact) mass is 466 g/mol. The van der Waals surface area contributed by atoms with Gasteiger partial charge in [0.25, 0.3) is 5.56 Å². The number of amides is 2. The van der Waals surface area contributed by atoms with Gasteiger partial charge >= 0.3 is 6.03 Å². The van der Waals surface area contributed by atoms with Crippen LogP contribution in [0.5, 0.6) is 0 Å². The molecule has 6 nitrogen and oxygen atoms in total.